The Labute approximate surface area is 172 Å². The molecule has 0 spiro atoms. The number of amides is 1. The number of nitrogens with zero attached hydrogens (tertiary/aromatic N) is 3. The first-order valence-corrected chi connectivity index (χ1v) is 9.92. The Kier molecular flexibility index (Phi) is 5.64. The highest BCUT2D eigenvalue weighted by molar-refractivity contribution is 5.92. The fourth-order valence-corrected chi connectivity index (χ4v) is 3.74. The van der Waals surface area contributed by atoms with Crippen molar-refractivity contribution >= 4 is 22.6 Å². The zero-order valence-corrected chi connectivity index (χ0v) is 18.4. The topological polar surface area (TPSA) is 69.0 Å². The number of pyridine rings is 1. The second kappa shape index (κ2) is 7.85. The van der Waals surface area contributed by atoms with Crippen molar-refractivity contribution < 1.29 is 9.53 Å². The van der Waals surface area contributed by atoms with Gasteiger partial charge in [0.05, 0.1) is 24.0 Å². The monoisotopic (exact) mass is 394 g/mol. The minimum atomic E-state index is -0.144. The molecule has 0 aliphatic carbocycles. The van der Waals surface area contributed by atoms with E-state index in [-0.39, 0.29) is 11.4 Å². The van der Waals surface area contributed by atoms with Crippen LogP contribution in [0.5, 0.6) is 5.75 Å². The third kappa shape index (κ3) is 4.11. The third-order valence-corrected chi connectivity index (χ3v) is 5.19. The number of para-hydroxylation sites is 2. The largest absolute Gasteiger partial charge is 0.495 e. The minimum Gasteiger partial charge on any atom is -0.495 e. The molecule has 2 heterocycles. The van der Waals surface area contributed by atoms with Crippen LogP contribution >= 0.6 is 0 Å². The Morgan fingerprint density at radius 2 is 1.83 bits per heavy atom. The Bertz CT molecular complexity index is 1060. The first kappa shape index (κ1) is 20.8. The van der Waals surface area contributed by atoms with Gasteiger partial charge in [-0.15, -0.1) is 0 Å². The number of rotatable bonds is 5. The normalized spacial score (nSPS) is 11.7. The maximum Gasteiger partial charge on any atom is 0.224 e. The highest BCUT2D eigenvalue weighted by atomic mass is 16.5. The molecule has 0 radical (unpaired) electrons. The predicted octanol–water partition coefficient (Wildman–Crippen LogP) is 4.69. The fraction of sp³-hybridized carbons (Fsp3) is 0.435. The lowest BCUT2D eigenvalue weighted by molar-refractivity contribution is -0.116. The summed E-state index contributed by atoms with van der Waals surface area (Å²) >= 11 is 0. The van der Waals surface area contributed by atoms with Gasteiger partial charge in [0.25, 0.3) is 0 Å². The smallest absolute Gasteiger partial charge is 0.224 e. The zero-order valence-electron chi connectivity index (χ0n) is 18.4. The maximum atomic E-state index is 12.5. The molecule has 1 amide bonds. The molecule has 2 aromatic heterocycles. The zero-order chi connectivity index (χ0) is 21.3. The van der Waals surface area contributed by atoms with E-state index in [0.717, 1.165) is 33.5 Å². The van der Waals surface area contributed by atoms with Crippen molar-refractivity contribution in [2.75, 3.05) is 12.4 Å². The van der Waals surface area contributed by atoms with Gasteiger partial charge in [-0.2, -0.15) is 5.10 Å². The van der Waals surface area contributed by atoms with E-state index in [1.807, 2.05) is 42.8 Å². The van der Waals surface area contributed by atoms with E-state index in [9.17, 15) is 4.79 Å². The Hall–Kier alpha value is -2.89. The summed E-state index contributed by atoms with van der Waals surface area (Å²) in [5.74, 6) is 0.608. The summed E-state index contributed by atoms with van der Waals surface area (Å²) in [5, 5.41) is 8.77. The van der Waals surface area contributed by atoms with E-state index >= 15 is 0 Å². The maximum absolute atomic E-state index is 12.5. The van der Waals surface area contributed by atoms with Crippen LogP contribution in [0.15, 0.2) is 24.3 Å². The van der Waals surface area contributed by atoms with Crippen LogP contribution in [0.3, 0.4) is 0 Å². The molecule has 154 valence electrons. The molecule has 1 N–H and O–H groups in total. The van der Waals surface area contributed by atoms with Crippen LogP contribution in [0, 0.1) is 20.8 Å². The summed E-state index contributed by atoms with van der Waals surface area (Å²) < 4.78 is 7.30. The summed E-state index contributed by atoms with van der Waals surface area (Å²) in [7, 11) is 1.60. The number of fused-ring (bicyclic) bond motifs is 1. The van der Waals surface area contributed by atoms with Crippen LogP contribution in [0.1, 0.15) is 49.7 Å². The molecule has 1 aromatic carbocycles. The van der Waals surface area contributed by atoms with Gasteiger partial charge >= 0.3 is 0 Å². The van der Waals surface area contributed by atoms with Crippen molar-refractivity contribution in [1.82, 2.24) is 14.8 Å². The van der Waals surface area contributed by atoms with Crippen molar-refractivity contribution in [3.05, 3.63) is 46.8 Å². The Morgan fingerprint density at radius 1 is 1.14 bits per heavy atom. The van der Waals surface area contributed by atoms with Crippen molar-refractivity contribution in [2.45, 2.75) is 59.9 Å². The van der Waals surface area contributed by atoms with E-state index < -0.39 is 0 Å². The van der Waals surface area contributed by atoms with Gasteiger partial charge in [0.15, 0.2) is 5.65 Å². The van der Waals surface area contributed by atoms with Crippen LogP contribution in [0.25, 0.3) is 11.0 Å². The lowest BCUT2D eigenvalue weighted by Crippen LogP contribution is -2.23. The first-order valence-electron chi connectivity index (χ1n) is 9.92. The molecule has 0 aliphatic rings. The molecule has 0 bridgehead atoms. The second-order valence-corrected chi connectivity index (χ2v) is 8.42. The van der Waals surface area contributed by atoms with E-state index in [0.29, 0.717) is 24.3 Å². The van der Waals surface area contributed by atoms with Gasteiger partial charge in [0.1, 0.15) is 5.75 Å². The van der Waals surface area contributed by atoms with Gasteiger partial charge in [-0.05, 0) is 71.2 Å². The summed E-state index contributed by atoms with van der Waals surface area (Å²) in [6.45, 7) is 12.5. The number of carbonyl (C=O) groups is 1. The highest BCUT2D eigenvalue weighted by Gasteiger charge is 2.23. The number of nitrogens with one attached hydrogen (secondary N) is 1. The number of benzene rings is 1. The number of hydrogen-bond donors (Lipinski definition) is 1. The molecule has 6 nitrogen and oxygen atoms in total. The van der Waals surface area contributed by atoms with Crippen LogP contribution in [0.4, 0.5) is 5.69 Å². The van der Waals surface area contributed by atoms with Gasteiger partial charge < -0.3 is 10.1 Å². The molecular weight excluding hydrogens is 364 g/mol. The molecule has 0 aliphatic heterocycles. The Balaban J connectivity index is 1.85. The molecule has 6 heteroatoms. The fourth-order valence-electron chi connectivity index (χ4n) is 3.74. The van der Waals surface area contributed by atoms with E-state index in [1.165, 1.54) is 0 Å². The molecule has 0 saturated heterocycles. The third-order valence-electron chi connectivity index (χ3n) is 5.19. The van der Waals surface area contributed by atoms with Crippen LogP contribution in [-0.4, -0.2) is 27.8 Å². The second-order valence-electron chi connectivity index (χ2n) is 8.42. The molecule has 0 unspecified atom stereocenters. The minimum absolute atomic E-state index is 0.0458. The van der Waals surface area contributed by atoms with Gasteiger partial charge in [-0.3, -0.25) is 4.79 Å². The number of aromatic nitrogens is 3. The molecule has 29 heavy (non-hydrogen) atoms. The number of aryl methyl sites for hydroxylation is 3. The van der Waals surface area contributed by atoms with E-state index in [1.54, 1.807) is 7.11 Å². The van der Waals surface area contributed by atoms with Gasteiger partial charge in [-0.25, -0.2) is 9.67 Å². The first-order chi connectivity index (χ1) is 13.6. The molecular formula is C23H30N4O2. The summed E-state index contributed by atoms with van der Waals surface area (Å²) in [4.78, 5) is 17.4. The molecule has 0 saturated carbocycles. The number of anilines is 1. The molecule has 0 atom stereocenters. The number of methoxy groups -OCH3 is 1. The summed E-state index contributed by atoms with van der Waals surface area (Å²) in [5.41, 5.74) is 5.64. The van der Waals surface area contributed by atoms with Crippen molar-refractivity contribution in [3.8, 4) is 5.75 Å². The lowest BCUT2D eigenvalue weighted by Gasteiger charge is -2.20. The van der Waals surface area contributed by atoms with Crippen molar-refractivity contribution in [1.29, 1.82) is 0 Å². The van der Waals surface area contributed by atoms with Crippen LogP contribution in [0.2, 0.25) is 0 Å². The van der Waals surface area contributed by atoms with E-state index in [2.05, 4.69) is 33.0 Å². The SMILES string of the molecule is COc1ccccc1NC(=O)CCc1c(C)nc2c(c(C)nn2C(C)(C)C)c1C. The van der Waals surface area contributed by atoms with Crippen molar-refractivity contribution in [3.63, 3.8) is 0 Å². The predicted molar refractivity (Wildman–Crippen MR) is 117 cm³/mol. The van der Waals surface area contributed by atoms with Crippen LogP contribution in [-0.2, 0) is 16.8 Å². The average Bonchev–Trinajstić information content (AvgIpc) is 2.98. The van der Waals surface area contributed by atoms with Gasteiger partial charge in [0.2, 0.25) is 5.91 Å². The Morgan fingerprint density at radius 3 is 2.48 bits per heavy atom. The standard InChI is InChI=1S/C23H30N4O2/c1-14-17(12-13-20(28)25-18-10-8-9-11-19(18)29-7)15(2)24-22-21(14)16(3)26-27(22)23(4,5)6/h8-11H,12-13H2,1-7H3,(H,25,28). The number of ether oxygens (including phenoxy) is 1. The summed E-state index contributed by atoms with van der Waals surface area (Å²) in [6.07, 6.45) is 1.00. The van der Waals surface area contributed by atoms with E-state index in [4.69, 9.17) is 14.8 Å². The number of hydrogen-bond acceptors (Lipinski definition) is 4. The summed E-state index contributed by atoms with van der Waals surface area (Å²) in [6, 6.07) is 7.42. The average molecular weight is 395 g/mol. The van der Waals surface area contributed by atoms with Gasteiger partial charge in [-0.1, -0.05) is 12.1 Å². The highest BCUT2D eigenvalue weighted by Crippen LogP contribution is 2.30. The van der Waals surface area contributed by atoms with Gasteiger partial charge in [0, 0.05) is 17.5 Å². The molecule has 3 rings (SSSR count). The molecule has 3 aromatic rings. The van der Waals surface area contributed by atoms with Crippen LogP contribution < -0.4 is 10.1 Å². The lowest BCUT2D eigenvalue weighted by atomic mass is 9.99. The van der Waals surface area contributed by atoms with Crippen molar-refractivity contribution in [2.24, 2.45) is 0 Å². The quantitative estimate of drug-likeness (QED) is 0.681. The number of carbonyl (C=O) groups excluding carboxylic acids is 1. The molecule has 0 fully saturated rings.